The highest BCUT2D eigenvalue weighted by molar-refractivity contribution is 6.11. The highest BCUT2D eigenvalue weighted by Gasteiger charge is 2.24. The maximum absolute atomic E-state index is 12.5. The Kier molecular flexibility index (Phi) is 6.49. The Balaban J connectivity index is 2.06. The topological polar surface area (TPSA) is 71.5 Å². The van der Waals surface area contributed by atoms with E-state index in [9.17, 15) is 9.59 Å². The van der Waals surface area contributed by atoms with Gasteiger partial charge in [0.15, 0.2) is 5.78 Å². The van der Waals surface area contributed by atoms with Crippen LogP contribution in [-0.4, -0.2) is 54.9 Å². The van der Waals surface area contributed by atoms with E-state index in [1.807, 2.05) is 14.1 Å². The number of hydrogen-bond acceptors (Lipinski definition) is 5. The number of hydrogen-bond donors (Lipinski definition) is 1. The Bertz CT molecular complexity index is 605. The lowest BCUT2D eigenvalue weighted by atomic mass is 9.93. The number of allylic oxidation sites excluding steroid dienone is 1. The Hall–Kier alpha value is -2.21. The van der Waals surface area contributed by atoms with Crippen LogP contribution >= 0.6 is 0 Å². The summed E-state index contributed by atoms with van der Waals surface area (Å²) < 4.78 is 5.34. The number of carbonyl (C=O) groups excluding carboxylic acids is 2. The minimum atomic E-state index is -0.293. The normalized spacial score (nSPS) is 20.8. The van der Waals surface area contributed by atoms with Crippen molar-refractivity contribution in [2.45, 2.75) is 37.8 Å². The van der Waals surface area contributed by atoms with Gasteiger partial charge in [-0.2, -0.15) is 0 Å². The molecule has 1 aliphatic rings. The quantitative estimate of drug-likeness (QED) is 0.638. The number of pyridine rings is 1. The zero-order valence-corrected chi connectivity index (χ0v) is 14.5. The average molecular weight is 331 g/mol. The van der Waals surface area contributed by atoms with Crippen molar-refractivity contribution in [1.29, 1.82) is 0 Å². The fourth-order valence-electron chi connectivity index (χ4n) is 2.79. The van der Waals surface area contributed by atoms with Gasteiger partial charge in [0.25, 0.3) is 5.91 Å². The molecule has 1 fully saturated rings. The lowest BCUT2D eigenvalue weighted by Gasteiger charge is -2.28. The van der Waals surface area contributed by atoms with Gasteiger partial charge in [-0.25, -0.2) is 0 Å². The molecule has 6 nitrogen and oxygen atoms in total. The lowest BCUT2D eigenvalue weighted by Crippen LogP contribution is -2.39. The SMILES string of the molecule is COC1CCC(NC(=O)c2ncccc2C(=O)/C=C/N(C)C)CC1. The van der Waals surface area contributed by atoms with E-state index < -0.39 is 0 Å². The summed E-state index contributed by atoms with van der Waals surface area (Å²) in [6.07, 6.45) is 8.52. The number of nitrogens with zero attached hydrogens (tertiary/aromatic N) is 2. The van der Waals surface area contributed by atoms with Gasteiger partial charge in [-0.1, -0.05) is 0 Å². The van der Waals surface area contributed by atoms with Crippen LogP contribution < -0.4 is 5.32 Å². The maximum Gasteiger partial charge on any atom is 0.270 e. The van der Waals surface area contributed by atoms with Crippen LogP contribution in [0.4, 0.5) is 0 Å². The molecule has 0 spiro atoms. The molecule has 1 saturated carbocycles. The molecule has 1 aromatic heterocycles. The first-order valence-electron chi connectivity index (χ1n) is 8.19. The number of ketones is 1. The molecule has 6 heteroatoms. The van der Waals surface area contributed by atoms with Gasteiger partial charge in [0.05, 0.1) is 11.7 Å². The molecule has 130 valence electrons. The van der Waals surface area contributed by atoms with Crippen molar-refractivity contribution in [2.75, 3.05) is 21.2 Å². The van der Waals surface area contributed by atoms with Crippen LogP contribution in [-0.2, 0) is 4.74 Å². The van der Waals surface area contributed by atoms with Crippen molar-refractivity contribution in [3.63, 3.8) is 0 Å². The van der Waals surface area contributed by atoms with E-state index in [1.165, 1.54) is 12.3 Å². The van der Waals surface area contributed by atoms with E-state index in [0.717, 1.165) is 25.7 Å². The van der Waals surface area contributed by atoms with Crippen LogP contribution in [0, 0.1) is 0 Å². The number of methoxy groups -OCH3 is 1. The van der Waals surface area contributed by atoms with Crippen molar-refractivity contribution in [2.24, 2.45) is 0 Å². The van der Waals surface area contributed by atoms with Gasteiger partial charge in [-0.05, 0) is 37.8 Å². The fourth-order valence-corrected chi connectivity index (χ4v) is 2.79. The third kappa shape index (κ3) is 4.89. The molecule has 0 radical (unpaired) electrons. The minimum absolute atomic E-state index is 0.103. The maximum atomic E-state index is 12.5. The number of ether oxygens (including phenoxy) is 1. The largest absolute Gasteiger partial charge is 0.383 e. The van der Waals surface area contributed by atoms with Crippen LogP contribution in [0.25, 0.3) is 0 Å². The van der Waals surface area contributed by atoms with Gasteiger partial charge in [0.2, 0.25) is 0 Å². The molecule has 1 amide bonds. The Labute approximate surface area is 142 Å². The number of rotatable bonds is 6. The molecule has 0 bridgehead atoms. The highest BCUT2D eigenvalue weighted by atomic mass is 16.5. The molecule has 1 aromatic rings. The van der Waals surface area contributed by atoms with E-state index in [-0.39, 0.29) is 29.5 Å². The molecule has 0 aromatic carbocycles. The Morgan fingerprint density at radius 2 is 2.00 bits per heavy atom. The van der Waals surface area contributed by atoms with Crippen molar-refractivity contribution in [3.05, 3.63) is 41.9 Å². The standard InChI is InChI=1S/C18H25N3O3/c1-21(2)12-10-16(22)15-5-4-11-19-17(15)18(23)20-13-6-8-14(24-3)9-7-13/h4-5,10-14H,6-9H2,1-3H3,(H,20,23)/b12-10+. The second-order valence-corrected chi connectivity index (χ2v) is 6.23. The summed E-state index contributed by atoms with van der Waals surface area (Å²) in [5.41, 5.74) is 0.499. The van der Waals surface area contributed by atoms with Crippen molar-refractivity contribution < 1.29 is 14.3 Å². The van der Waals surface area contributed by atoms with Crippen molar-refractivity contribution in [3.8, 4) is 0 Å². The zero-order chi connectivity index (χ0) is 17.5. The number of carbonyl (C=O) groups is 2. The van der Waals surface area contributed by atoms with Crippen LogP contribution in [0.2, 0.25) is 0 Å². The molecule has 1 N–H and O–H groups in total. The summed E-state index contributed by atoms with van der Waals surface area (Å²) in [5.74, 6) is -0.525. The Morgan fingerprint density at radius 3 is 2.62 bits per heavy atom. The van der Waals surface area contributed by atoms with Gasteiger partial charge >= 0.3 is 0 Å². The lowest BCUT2D eigenvalue weighted by molar-refractivity contribution is 0.0598. The number of nitrogens with one attached hydrogen (secondary N) is 1. The first-order valence-corrected chi connectivity index (χ1v) is 8.19. The van der Waals surface area contributed by atoms with Crippen molar-refractivity contribution >= 4 is 11.7 Å². The van der Waals surface area contributed by atoms with Gasteiger partial charge in [0.1, 0.15) is 5.69 Å². The van der Waals surface area contributed by atoms with E-state index in [1.54, 1.807) is 30.3 Å². The van der Waals surface area contributed by atoms with E-state index >= 15 is 0 Å². The van der Waals surface area contributed by atoms with Crippen LogP contribution in [0.5, 0.6) is 0 Å². The molecule has 0 atom stereocenters. The van der Waals surface area contributed by atoms with Crippen LogP contribution in [0.1, 0.15) is 46.5 Å². The summed E-state index contributed by atoms with van der Waals surface area (Å²) in [6, 6.07) is 3.40. The number of amides is 1. The van der Waals surface area contributed by atoms with Crippen LogP contribution in [0.3, 0.4) is 0 Å². The van der Waals surface area contributed by atoms with Gasteiger partial charge < -0.3 is 15.0 Å². The van der Waals surface area contributed by atoms with Gasteiger partial charge in [-0.15, -0.1) is 0 Å². The molecule has 0 unspecified atom stereocenters. The Morgan fingerprint density at radius 1 is 1.29 bits per heavy atom. The van der Waals surface area contributed by atoms with Gasteiger partial charge in [-0.3, -0.25) is 14.6 Å². The van der Waals surface area contributed by atoms with E-state index in [0.29, 0.717) is 5.56 Å². The average Bonchev–Trinajstić information content (AvgIpc) is 2.60. The first kappa shape index (κ1) is 18.1. The van der Waals surface area contributed by atoms with Crippen LogP contribution in [0.15, 0.2) is 30.6 Å². The summed E-state index contributed by atoms with van der Waals surface area (Å²) >= 11 is 0. The molecule has 2 rings (SSSR count). The molecule has 0 aliphatic heterocycles. The third-order valence-electron chi connectivity index (χ3n) is 4.16. The molecular formula is C18H25N3O3. The summed E-state index contributed by atoms with van der Waals surface area (Å²) in [4.78, 5) is 30.7. The van der Waals surface area contributed by atoms with E-state index in [4.69, 9.17) is 4.74 Å². The van der Waals surface area contributed by atoms with E-state index in [2.05, 4.69) is 10.3 Å². The third-order valence-corrected chi connectivity index (χ3v) is 4.16. The fraction of sp³-hybridized carbons (Fsp3) is 0.500. The second-order valence-electron chi connectivity index (χ2n) is 6.23. The molecular weight excluding hydrogens is 306 g/mol. The predicted octanol–water partition coefficient (Wildman–Crippen LogP) is 2.03. The van der Waals surface area contributed by atoms with Gasteiger partial charge in [0, 0.05) is 45.7 Å². The molecule has 1 aliphatic carbocycles. The highest BCUT2D eigenvalue weighted by Crippen LogP contribution is 2.21. The summed E-state index contributed by atoms with van der Waals surface area (Å²) in [7, 11) is 5.38. The minimum Gasteiger partial charge on any atom is -0.383 e. The molecule has 0 saturated heterocycles. The number of aromatic nitrogens is 1. The smallest absolute Gasteiger partial charge is 0.270 e. The predicted molar refractivity (Wildman–Crippen MR) is 91.9 cm³/mol. The second kappa shape index (κ2) is 8.59. The monoisotopic (exact) mass is 331 g/mol. The summed E-state index contributed by atoms with van der Waals surface area (Å²) in [5, 5.41) is 3.00. The molecule has 24 heavy (non-hydrogen) atoms. The molecule has 1 heterocycles. The first-order chi connectivity index (χ1) is 11.5. The van der Waals surface area contributed by atoms with Crippen molar-refractivity contribution in [1.82, 2.24) is 15.2 Å². The summed E-state index contributed by atoms with van der Waals surface area (Å²) in [6.45, 7) is 0. The zero-order valence-electron chi connectivity index (χ0n) is 14.5.